The molecule has 0 saturated carbocycles. The highest BCUT2D eigenvalue weighted by Crippen LogP contribution is 2.21. The van der Waals surface area contributed by atoms with Crippen LogP contribution in [0.2, 0.25) is 0 Å². The summed E-state index contributed by atoms with van der Waals surface area (Å²) >= 11 is 1.40. The molecule has 3 rings (SSSR count). The number of aryl methyl sites for hydroxylation is 1. The third kappa shape index (κ3) is 3.08. The molecule has 6 nitrogen and oxygen atoms in total. The van der Waals surface area contributed by atoms with E-state index in [9.17, 15) is 0 Å². The van der Waals surface area contributed by atoms with Crippen LogP contribution in [0.25, 0.3) is 5.69 Å². The molecule has 1 N–H and O–H groups in total. The number of nitrogens with zero attached hydrogens (tertiary/aromatic N) is 5. The second-order valence-corrected chi connectivity index (χ2v) is 5.42. The van der Waals surface area contributed by atoms with E-state index in [0.717, 1.165) is 23.1 Å². The molecule has 0 bridgehead atoms. The molecule has 0 fully saturated rings. The number of hydrogen-bond acceptors (Lipinski definition) is 6. The van der Waals surface area contributed by atoms with Crippen LogP contribution in [-0.2, 0) is 6.42 Å². The highest BCUT2D eigenvalue weighted by Gasteiger charge is 2.09. The molecule has 0 aliphatic carbocycles. The van der Waals surface area contributed by atoms with Gasteiger partial charge in [0.2, 0.25) is 5.13 Å². The predicted molar refractivity (Wildman–Crippen MR) is 82.7 cm³/mol. The van der Waals surface area contributed by atoms with Gasteiger partial charge in [0.25, 0.3) is 0 Å². The van der Waals surface area contributed by atoms with Crippen molar-refractivity contribution < 1.29 is 0 Å². The van der Waals surface area contributed by atoms with Crippen molar-refractivity contribution in [1.29, 1.82) is 0 Å². The number of nitrogens with one attached hydrogen (secondary N) is 1. The van der Waals surface area contributed by atoms with E-state index in [1.54, 1.807) is 11.0 Å². The van der Waals surface area contributed by atoms with Gasteiger partial charge in [0.05, 0.1) is 11.7 Å². The molecule has 2 heterocycles. The molecule has 1 unspecified atom stereocenters. The summed E-state index contributed by atoms with van der Waals surface area (Å²) in [6.07, 6.45) is 4.07. The van der Waals surface area contributed by atoms with Crippen molar-refractivity contribution in [3.05, 3.63) is 48.3 Å². The zero-order valence-electron chi connectivity index (χ0n) is 11.9. The van der Waals surface area contributed by atoms with Gasteiger partial charge in [-0.2, -0.15) is 9.47 Å². The van der Waals surface area contributed by atoms with Crippen LogP contribution in [-0.4, -0.2) is 24.1 Å². The normalized spacial score (nSPS) is 12.3. The van der Waals surface area contributed by atoms with Crippen LogP contribution in [0.3, 0.4) is 0 Å². The van der Waals surface area contributed by atoms with Gasteiger partial charge in [-0.1, -0.05) is 19.1 Å². The summed E-state index contributed by atoms with van der Waals surface area (Å²) in [6.45, 7) is 4.16. The lowest BCUT2D eigenvalue weighted by Crippen LogP contribution is -2.06. The molecule has 0 radical (unpaired) electrons. The first kappa shape index (κ1) is 13.7. The number of hydrogen-bond donors (Lipinski definition) is 1. The Morgan fingerprint density at radius 2 is 2.10 bits per heavy atom. The lowest BCUT2D eigenvalue weighted by atomic mass is 10.1. The van der Waals surface area contributed by atoms with Gasteiger partial charge >= 0.3 is 0 Å². The quantitative estimate of drug-likeness (QED) is 0.784. The molecule has 0 aliphatic heterocycles. The van der Waals surface area contributed by atoms with Crippen LogP contribution >= 0.6 is 11.5 Å². The topological polar surface area (TPSA) is 68.5 Å². The molecule has 0 saturated heterocycles. The second kappa shape index (κ2) is 6.01. The molecule has 7 heteroatoms. The first-order valence-corrected chi connectivity index (χ1v) is 7.57. The van der Waals surface area contributed by atoms with Gasteiger partial charge < -0.3 is 5.32 Å². The maximum Gasteiger partial charge on any atom is 0.203 e. The highest BCUT2D eigenvalue weighted by atomic mass is 32.1. The Morgan fingerprint density at radius 1 is 1.29 bits per heavy atom. The predicted octanol–water partition coefficient (Wildman–Crippen LogP) is 2.85. The fraction of sp³-hybridized carbons (Fsp3) is 0.286. The summed E-state index contributed by atoms with van der Waals surface area (Å²) in [6, 6.07) is 8.39. The highest BCUT2D eigenvalue weighted by molar-refractivity contribution is 7.09. The van der Waals surface area contributed by atoms with Gasteiger partial charge in [-0.25, -0.2) is 14.6 Å². The Morgan fingerprint density at radius 3 is 2.71 bits per heavy atom. The zero-order chi connectivity index (χ0) is 14.7. The monoisotopic (exact) mass is 300 g/mol. The molecule has 21 heavy (non-hydrogen) atoms. The number of benzene rings is 1. The van der Waals surface area contributed by atoms with E-state index in [1.165, 1.54) is 23.4 Å². The summed E-state index contributed by atoms with van der Waals surface area (Å²) in [5, 5.41) is 8.35. The lowest BCUT2D eigenvalue weighted by molar-refractivity contribution is 0.859. The Hall–Kier alpha value is -2.28. The minimum Gasteiger partial charge on any atom is -0.354 e. The SMILES string of the molecule is CCc1nsc(NC(C)c2ccc(-n3cncn3)cc2)n1. The summed E-state index contributed by atoms with van der Waals surface area (Å²) in [7, 11) is 0. The van der Waals surface area contributed by atoms with Crippen molar-refractivity contribution >= 4 is 16.7 Å². The number of anilines is 1. The Labute approximate surface area is 127 Å². The Balaban J connectivity index is 1.71. The summed E-state index contributed by atoms with van der Waals surface area (Å²) in [5.41, 5.74) is 2.18. The first-order valence-electron chi connectivity index (χ1n) is 6.80. The van der Waals surface area contributed by atoms with E-state index in [2.05, 4.69) is 50.7 Å². The minimum atomic E-state index is 0.174. The maximum absolute atomic E-state index is 4.43. The fourth-order valence-electron chi connectivity index (χ4n) is 1.98. The third-order valence-electron chi connectivity index (χ3n) is 3.20. The Kier molecular flexibility index (Phi) is 3.92. The zero-order valence-corrected chi connectivity index (χ0v) is 12.7. The number of rotatable bonds is 5. The average molecular weight is 300 g/mol. The van der Waals surface area contributed by atoms with Crippen molar-refractivity contribution in [1.82, 2.24) is 24.1 Å². The van der Waals surface area contributed by atoms with Gasteiger partial charge in [-0.15, -0.1) is 0 Å². The molecule has 0 spiro atoms. The summed E-state index contributed by atoms with van der Waals surface area (Å²) in [5.74, 6) is 0.885. The molecular weight excluding hydrogens is 284 g/mol. The van der Waals surface area contributed by atoms with Gasteiger partial charge in [0.1, 0.15) is 18.5 Å². The van der Waals surface area contributed by atoms with Crippen molar-refractivity contribution in [2.45, 2.75) is 26.3 Å². The molecule has 3 aromatic rings. The molecule has 0 amide bonds. The van der Waals surface area contributed by atoms with Crippen molar-refractivity contribution in [2.24, 2.45) is 0 Å². The number of aromatic nitrogens is 5. The minimum absolute atomic E-state index is 0.174. The molecular formula is C14H16N6S. The van der Waals surface area contributed by atoms with Crippen molar-refractivity contribution in [3.8, 4) is 5.69 Å². The van der Waals surface area contributed by atoms with E-state index in [-0.39, 0.29) is 6.04 Å². The van der Waals surface area contributed by atoms with Crippen molar-refractivity contribution in [3.63, 3.8) is 0 Å². The van der Waals surface area contributed by atoms with Crippen LogP contribution in [0.15, 0.2) is 36.9 Å². The van der Waals surface area contributed by atoms with Crippen LogP contribution in [0.4, 0.5) is 5.13 Å². The van der Waals surface area contributed by atoms with E-state index >= 15 is 0 Å². The van der Waals surface area contributed by atoms with Gasteiger partial charge in [-0.05, 0) is 24.6 Å². The van der Waals surface area contributed by atoms with Gasteiger partial charge in [-0.3, -0.25) is 0 Å². The molecule has 1 aromatic carbocycles. The Bertz CT molecular complexity index is 689. The van der Waals surface area contributed by atoms with E-state index in [0.29, 0.717) is 0 Å². The summed E-state index contributed by atoms with van der Waals surface area (Å²) in [4.78, 5) is 8.37. The van der Waals surface area contributed by atoms with E-state index in [1.807, 2.05) is 12.1 Å². The molecule has 1 atom stereocenters. The third-order valence-corrected chi connectivity index (χ3v) is 3.88. The molecule has 0 aliphatic rings. The summed E-state index contributed by atoms with van der Waals surface area (Å²) < 4.78 is 6.02. The second-order valence-electron chi connectivity index (χ2n) is 4.67. The molecule has 2 aromatic heterocycles. The maximum atomic E-state index is 4.43. The fourth-order valence-corrected chi connectivity index (χ4v) is 2.72. The largest absolute Gasteiger partial charge is 0.354 e. The van der Waals surface area contributed by atoms with Gasteiger partial charge in [0.15, 0.2) is 0 Å². The lowest BCUT2D eigenvalue weighted by Gasteiger charge is -2.13. The first-order chi connectivity index (χ1) is 10.3. The smallest absolute Gasteiger partial charge is 0.203 e. The van der Waals surface area contributed by atoms with Gasteiger partial charge in [0, 0.05) is 18.0 Å². The van der Waals surface area contributed by atoms with Crippen molar-refractivity contribution in [2.75, 3.05) is 5.32 Å². The van der Waals surface area contributed by atoms with Crippen LogP contribution in [0.1, 0.15) is 31.3 Å². The van der Waals surface area contributed by atoms with E-state index in [4.69, 9.17) is 0 Å². The standard InChI is InChI=1S/C14H16N6S/c1-3-13-18-14(21-19-13)17-10(2)11-4-6-12(7-5-11)20-9-15-8-16-20/h4-10H,3H2,1-2H3,(H,17,18,19). The molecule has 108 valence electrons. The van der Waals surface area contributed by atoms with Crippen LogP contribution < -0.4 is 5.32 Å². The van der Waals surface area contributed by atoms with Crippen LogP contribution in [0, 0.1) is 0 Å². The van der Waals surface area contributed by atoms with E-state index < -0.39 is 0 Å². The van der Waals surface area contributed by atoms with Crippen LogP contribution in [0.5, 0.6) is 0 Å². The average Bonchev–Trinajstić information content (AvgIpc) is 3.19.